The van der Waals surface area contributed by atoms with Crippen LogP contribution >= 0.6 is 0 Å². The zero-order valence-corrected chi connectivity index (χ0v) is 13.7. The summed E-state index contributed by atoms with van der Waals surface area (Å²) >= 11 is 0. The van der Waals surface area contributed by atoms with Gasteiger partial charge in [-0.1, -0.05) is 0 Å². The van der Waals surface area contributed by atoms with Crippen molar-refractivity contribution in [2.45, 2.75) is 33.7 Å². The Morgan fingerprint density at radius 3 is 2.55 bits per heavy atom. The molecular formula is C16H25N2O4+. The van der Waals surface area contributed by atoms with E-state index in [9.17, 15) is 9.59 Å². The van der Waals surface area contributed by atoms with Gasteiger partial charge in [0.05, 0.1) is 31.1 Å². The third-order valence-electron chi connectivity index (χ3n) is 4.30. The summed E-state index contributed by atoms with van der Waals surface area (Å²) in [6.45, 7) is 10.6. The van der Waals surface area contributed by atoms with Gasteiger partial charge in [0.2, 0.25) is 5.78 Å². The van der Waals surface area contributed by atoms with E-state index in [-0.39, 0.29) is 17.8 Å². The highest BCUT2D eigenvalue weighted by molar-refractivity contribution is 6.03. The topological polar surface area (TPSA) is 72.8 Å². The molecule has 1 aromatic heterocycles. The summed E-state index contributed by atoms with van der Waals surface area (Å²) in [7, 11) is 0. The van der Waals surface area contributed by atoms with Crippen LogP contribution in [0.3, 0.4) is 0 Å². The molecule has 1 atom stereocenters. The lowest BCUT2D eigenvalue weighted by Gasteiger charge is -2.28. The molecule has 0 amide bonds. The molecule has 0 radical (unpaired) electrons. The molecular weight excluding hydrogens is 284 g/mol. The molecule has 22 heavy (non-hydrogen) atoms. The Morgan fingerprint density at radius 2 is 1.95 bits per heavy atom. The van der Waals surface area contributed by atoms with Crippen molar-refractivity contribution in [2.75, 3.05) is 32.9 Å². The van der Waals surface area contributed by atoms with Crippen LogP contribution in [-0.2, 0) is 9.47 Å². The number of aryl methyl sites for hydroxylation is 1. The number of aromatic amines is 1. The van der Waals surface area contributed by atoms with E-state index >= 15 is 0 Å². The normalized spacial score (nSPS) is 17.3. The fraction of sp³-hybridized carbons (Fsp3) is 0.625. The first-order valence-corrected chi connectivity index (χ1v) is 7.80. The second-order valence-electron chi connectivity index (χ2n) is 5.70. The summed E-state index contributed by atoms with van der Waals surface area (Å²) in [6.07, 6.45) is 0. The van der Waals surface area contributed by atoms with E-state index < -0.39 is 0 Å². The van der Waals surface area contributed by atoms with Gasteiger partial charge in [0.15, 0.2) is 6.04 Å². The van der Waals surface area contributed by atoms with Crippen molar-refractivity contribution >= 4 is 11.8 Å². The number of hydrogen-bond donors (Lipinski definition) is 2. The summed E-state index contributed by atoms with van der Waals surface area (Å²) in [5.74, 6) is -0.341. The number of morpholine rings is 1. The Labute approximate surface area is 130 Å². The SMILES string of the molecule is CCOC(=O)c1c(C)[nH]c(C(=O)[C@H](C)[NH+]2CCOCC2)c1C. The number of quaternary nitrogens is 1. The van der Waals surface area contributed by atoms with Crippen LogP contribution in [0.15, 0.2) is 0 Å². The van der Waals surface area contributed by atoms with Gasteiger partial charge in [0.1, 0.15) is 13.1 Å². The smallest absolute Gasteiger partial charge is 0.340 e. The summed E-state index contributed by atoms with van der Waals surface area (Å²) in [6, 6.07) is -0.157. The van der Waals surface area contributed by atoms with Crippen molar-refractivity contribution in [3.8, 4) is 0 Å². The van der Waals surface area contributed by atoms with Gasteiger partial charge in [0, 0.05) is 5.69 Å². The summed E-state index contributed by atoms with van der Waals surface area (Å²) < 4.78 is 10.4. The zero-order chi connectivity index (χ0) is 16.3. The molecule has 1 fully saturated rings. The number of Topliss-reactive ketones (excluding diaryl/α,β-unsaturated/α-hetero) is 1. The maximum atomic E-state index is 12.8. The average Bonchev–Trinajstić information content (AvgIpc) is 2.81. The lowest BCUT2D eigenvalue weighted by molar-refractivity contribution is -0.921. The average molecular weight is 309 g/mol. The summed E-state index contributed by atoms with van der Waals surface area (Å²) in [4.78, 5) is 29.1. The third kappa shape index (κ3) is 3.23. The maximum absolute atomic E-state index is 12.8. The minimum Gasteiger partial charge on any atom is -0.462 e. The fourth-order valence-corrected chi connectivity index (χ4v) is 2.97. The van der Waals surface area contributed by atoms with Crippen molar-refractivity contribution in [2.24, 2.45) is 0 Å². The first-order valence-electron chi connectivity index (χ1n) is 7.80. The van der Waals surface area contributed by atoms with Gasteiger partial charge in [0.25, 0.3) is 0 Å². The lowest BCUT2D eigenvalue weighted by Crippen LogP contribution is -3.18. The van der Waals surface area contributed by atoms with E-state index in [1.54, 1.807) is 20.8 Å². The molecule has 2 heterocycles. The van der Waals surface area contributed by atoms with Gasteiger partial charge in [-0.2, -0.15) is 0 Å². The Balaban J connectivity index is 2.23. The van der Waals surface area contributed by atoms with Gasteiger partial charge < -0.3 is 19.4 Å². The Morgan fingerprint density at radius 1 is 1.32 bits per heavy atom. The molecule has 1 aromatic rings. The molecule has 0 bridgehead atoms. The van der Waals surface area contributed by atoms with Gasteiger partial charge >= 0.3 is 5.97 Å². The standard InChI is InChI=1S/C16H24N2O4/c1-5-22-16(20)13-10(2)14(17-11(13)3)15(19)12(4)18-6-8-21-9-7-18/h12,17H,5-9H2,1-4H3/p+1/t12-/m0/s1. The van der Waals surface area contributed by atoms with Crippen LogP contribution in [0.4, 0.5) is 0 Å². The fourth-order valence-electron chi connectivity index (χ4n) is 2.97. The number of esters is 1. The van der Waals surface area contributed by atoms with E-state index in [0.717, 1.165) is 13.1 Å². The Hall–Kier alpha value is -1.66. The number of aromatic nitrogens is 1. The second-order valence-corrected chi connectivity index (χ2v) is 5.70. The maximum Gasteiger partial charge on any atom is 0.340 e. The predicted octanol–water partition coefficient (Wildman–Crippen LogP) is 0.295. The first kappa shape index (κ1) is 16.7. The van der Waals surface area contributed by atoms with Crippen molar-refractivity contribution in [3.63, 3.8) is 0 Å². The van der Waals surface area contributed by atoms with Crippen LogP contribution in [0.1, 0.15) is 46.0 Å². The molecule has 0 spiro atoms. The number of H-pyrrole nitrogens is 1. The number of nitrogens with one attached hydrogen (secondary N) is 2. The van der Waals surface area contributed by atoms with E-state index in [0.29, 0.717) is 42.3 Å². The number of ketones is 1. The van der Waals surface area contributed by atoms with Crippen LogP contribution in [0.2, 0.25) is 0 Å². The van der Waals surface area contributed by atoms with Crippen LogP contribution in [0, 0.1) is 13.8 Å². The molecule has 122 valence electrons. The van der Waals surface area contributed by atoms with Gasteiger partial charge in [-0.15, -0.1) is 0 Å². The lowest BCUT2D eigenvalue weighted by atomic mass is 10.0. The molecule has 0 saturated carbocycles. The van der Waals surface area contributed by atoms with Crippen LogP contribution in [0.5, 0.6) is 0 Å². The van der Waals surface area contributed by atoms with Crippen molar-refractivity contribution in [1.82, 2.24) is 4.98 Å². The summed E-state index contributed by atoms with van der Waals surface area (Å²) in [5, 5.41) is 0. The van der Waals surface area contributed by atoms with Gasteiger partial charge in [-0.25, -0.2) is 4.79 Å². The number of rotatable bonds is 5. The van der Waals surface area contributed by atoms with Gasteiger partial charge in [-0.3, -0.25) is 4.79 Å². The minimum atomic E-state index is -0.376. The third-order valence-corrected chi connectivity index (χ3v) is 4.30. The van der Waals surface area contributed by atoms with Crippen molar-refractivity contribution < 1.29 is 24.0 Å². The second kappa shape index (κ2) is 7.07. The minimum absolute atomic E-state index is 0.0352. The Bertz CT molecular complexity index is 559. The largest absolute Gasteiger partial charge is 0.462 e. The number of ether oxygens (including phenoxy) is 2. The van der Waals surface area contributed by atoms with Gasteiger partial charge in [-0.05, 0) is 33.3 Å². The molecule has 1 saturated heterocycles. The van der Waals surface area contributed by atoms with E-state index in [2.05, 4.69) is 4.98 Å². The van der Waals surface area contributed by atoms with E-state index in [1.165, 1.54) is 4.90 Å². The Kier molecular flexibility index (Phi) is 5.37. The molecule has 6 heteroatoms. The van der Waals surface area contributed by atoms with Crippen LogP contribution in [-0.4, -0.2) is 55.7 Å². The molecule has 0 aliphatic carbocycles. The highest BCUT2D eigenvalue weighted by Gasteiger charge is 2.31. The molecule has 2 rings (SSSR count). The molecule has 0 unspecified atom stereocenters. The molecule has 1 aliphatic heterocycles. The first-order chi connectivity index (χ1) is 10.5. The van der Waals surface area contributed by atoms with E-state index in [1.807, 2.05) is 6.92 Å². The highest BCUT2D eigenvalue weighted by atomic mass is 16.5. The predicted molar refractivity (Wildman–Crippen MR) is 81.5 cm³/mol. The molecule has 0 aromatic carbocycles. The van der Waals surface area contributed by atoms with Crippen molar-refractivity contribution in [1.29, 1.82) is 0 Å². The highest BCUT2D eigenvalue weighted by Crippen LogP contribution is 2.20. The van der Waals surface area contributed by atoms with Crippen LogP contribution in [0.25, 0.3) is 0 Å². The van der Waals surface area contributed by atoms with Crippen LogP contribution < -0.4 is 4.90 Å². The number of carbonyl (C=O) groups is 2. The number of hydrogen-bond acceptors (Lipinski definition) is 4. The zero-order valence-electron chi connectivity index (χ0n) is 13.7. The molecule has 6 nitrogen and oxygen atoms in total. The summed E-state index contributed by atoms with van der Waals surface area (Å²) in [5.41, 5.74) is 2.37. The molecule has 1 aliphatic rings. The van der Waals surface area contributed by atoms with Crippen molar-refractivity contribution in [3.05, 3.63) is 22.5 Å². The van der Waals surface area contributed by atoms with E-state index in [4.69, 9.17) is 9.47 Å². The number of carbonyl (C=O) groups excluding carboxylic acids is 2. The monoisotopic (exact) mass is 309 g/mol. The molecule has 2 N–H and O–H groups in total. The quantitative estimate of drug-likeness (QED) is 0.606.